The number of hydrogen-bond acceptors (Lipinski definition) is 4. The number of aromatic nitrogens is 2. The van der Waals surface area contributed by atoms with Gasteiger partial charge in [-0.2, -0.15) is 0 Å². The molecule has 116 valence electrons. The first-order chi connectivity index (χ1) is 10.7. The lowest BCUT2D eigenvalue weighted by atomic mass is 9.98. The number of nitrogens with zero attached hydrogens (tertiary/aromatic N) is 3. The number of ether oxygens (including phenoxy) is 1. The lowest BCUT2D eigenvalue weighted by Crippen LogP contribution is -2.36. The maximum absolute atomic E-state index is 13.7. The van der Waals surface area contributed by atoms with Crippen LogP contribution in [0.25, 0.3) is 0 Å². The first-order valence-corrected chi connectivity index (χ1v) is 7.69. The molecule has 0 aliphatic carbocycles. The predicted octanol–water partition coefficient (Wildman–Crippen LogP) is 3.56. The molecule has 0 atom stereocenters. The van der Waals surface area contributed by atoms with Gasteiger partial charge in [-0.3, -0.25) is 4.98 Å². The topological polar surface area (TPSA) is 38.2 Å². The highest BCUT2D eigenvalue weighted by Gasteiger charge is 2.22. The summed E-state index contributed by atoms with van der Waals surface area (Å²) in [5.74, 6) is 1.28. The van der Waals surface area contributed by atoms with Crippen LogP contribution >= 0.6 is 11.6 Å². The second-order valence-corrected chi connectivity index (χ2v) is 5.76. The van der Waals surface area contributed by atoms with Crippen LogP contribution in [0.5, 0.6) is 5.75 Å². The minimum absolute atomic E-state index is 0.263. The molecule has 3 rings (SSSR count). The summed E-state index contributed by atoms with van der Waals surface area (Å²) in [5, 5.41) is 0.524. The number of piperidine rings is 1. The fourth-order valence-corrected chi connectivity index (χ4v) is 2.78. The summed E-state index contributed by atoms with van der Waals surface area (Å²) < 4.78 is 19.5. The van der Waals surface area contributed by atoms with Crippen molar-refractivity contribution in [1.29, 1.82) is 0 Å². The molecule has 1 fully saturated rings. The highest BCUT2D eigenvalue weighted by Crippen LogP contribution is 2.26. The summed E-state index contributed by atoms with van der Waals surface area (Å²) in [4.78, 5) is 10.0. The Kier molecular flexibility index (Phi) is 4.73. The van der Waals surface area contributed by atoms with Gasteiger partial charge in [0.2, 0.25) is 0 Å². The maximum Gasteiger partial charge on any atom is 0.165 e. The molecule has 22 heavy (non-hydrogen) atoms. The molecular formula is C16H17ClFN3O. The molecule has 0 N–H and O–H groups in total. The average Bonchev–Trinajstić information content (AvgIpc) is 2.55. The second kappa shape index (κ2) is 6.92. The number of pyridine rings is 2. The molecule has 2 aromatic rings. The van der Waals surface area contributed by atoms with E-state index in [1.54, 1.807) is 30.7 Å². The summed E-state index contributed by atoms with van der Waals surface area (Å²) in [5.41, 5.74) is 0. The molecule has 1 aliphatic rings. The van der Waals surface area contributed by atoms with Crippen LogP contribution in [-0.2, 0) is 0 Å². The predicted molar refractivity (Wildman–Crippen MR) is 83.9 cm³/mol. The Hall–Kier alpha value is -1.88. The summed E-state index contributed by atoms with van der Waals surface area (Å²) in [6.07, 6.45) is 6.74. The molecular weight excluding hydrogens is 305 g/mol. The molecule has 0 unspecified atom stereocenters. The number of anilines is 1. The van der Waals surface area contributed by atoms with E-state index in [1.807, 2.05) is 4.90 Å². The fourth-order valence-electron chi connectivity index (χ4n) is 2.61. The Balaban J connectivity index is 1.52. The van der Waals surface area contributed by atoms with Crippen LogP contribution < -0.4 is 9.64 Å². The molecule has 1 saturated heterocycles. The van der Waals surface area contributed by atoms with E-state index in [-0.39, 0.29) is 5.82 Å². The van der Waals surface area contributed by atoms with Crippen LogP contribution in [-0.4, -0.2) is 29.7 Å². The summed E-state index contributed by atoms with van der Waals surface area (Å²) in [6.45, 7) is 2.18. The van der Waals surface area contributed by atoms with E-state index in [4.69, 9.17) is 16.3 Å². The van der Waals surface area contributed by atoms with E-state index in [2.05, 4.69) is 9.97 Å². The number of hydrogen-bond donors (Lipinski definition) is 0. The van der Waals surface area contributed by atoms with E-state index in [0.717, 1.165) is 25.9 Å². The van der Waals surface area contributed by atoms with E-state index in [1.165, 1.54) is 6.07 Å². The molecule has 2 aromatic heterocycles. The van der Waals surface area contributed by atoms with Crippen molar-refractivity contribution in [2.75, 3.05) is 24.6 Å². The van der Waals surface area contributed by atoms with Gasteiger partial charge in [-0.05, 0) is 30.9 Å². The van der Waals surface area contributed by atoms with Gasteiger partial charge in [0.05, 0.1) is 6.61 Å². The van der Waals surface area contributed by atoms with Crippen molar-refractivity contribution in [1.82, 2.24) is 9.97 Å². The lowest BCUT2D eigenvalue weighted by molar-refractivity contribution is 0.222. The Labute approximate surface area is 133 Å². The van der Waals surface area contributed by atoms with Crippen molar-refractivity contribution >= 4 is 17.4 Å². The van der Waals surface area contributed by atoms with E-state index in [0.29, 0.717) is 29.1 Å². The van der Waals surface area contributed by atoms with Crippen molar-refractivity contribution in [3.63, 3.8) is 0 Å². The van der Waals surface area contributed by atoms with Crippen LogP contribution in [0.3, 0.4) is 0 Å². The first kappa shape index (κ1) is 15.0. The zero-order valence-electron chi connectivity index (χ0n) is 12.1. The van der Waals surface area contributed by atoms with Gasteiger partial charge >= 0.3 is 0 Å². The molecule has 6 heteroatoms. The fraction of sp³-hybridized carbons (Fsp3) is 0.375. The summed E-state index contributed by atoms with van der Waals surface area (Å²) in [7, 11) is 0. The van der Waals surface area contributed by atoms with Crippen LogP contribution in [0.1, 0.15) is 12.8 Å². The molecule has 0 spiro atoms. The lowest BCUT2D eigenvalue weighted by Gasteiger charge is -2.32. The van der Waals surface area contributed by atoms with Gasteiger partial charge in [0.15, 0.2) is 11.6 Å². The van der Waals surface area contributed by atoms with Crippen molar-refractivity contribution < 1.29 is 9.13 Å². The average molecular weight is 322 g/mol. The van der Waals surface area contributed by atoms with Gasteiger partial charge in [0.25, 0.3) is 0 Å². The highest BCUT2D eigenvalue weighted by atomic mass is 35.5. The van der Waals surface area contributed by atoms with Crippen LogP contribution in [0.15, 0.2) is 36.8 Å². The largest absolute Gasteiger partial charge is 0.492 e. The van der Waals surface area contributed by atoms with E-state index in [9.17, 15) is 4.39 Å². The van der Waals surface area contributed by atoms with E-state index < -0.39 is 0 Å². The van der Waals surface area contributed by atoms with Crippen LogP contribution in [0, 0.1) is 11.7 Å². The smallest absolute Gasteiger partial charge is 0.165 e. The Morgan fingerprint density at radius 3 is 2.82 bits per heavy atom. The molecule has 1 aliphatic heterocycles. The van der Waals surface area contributed by atoms with Crippen LogP contribution in [0.2, 0.25) is 5.02 Å². The van der Waals surface area contributed by atoms with Gasteiger partial charge in [-0.1, -0.05) is 11.6 Å². The van der Waals surface area contributed by atoms with Crippen LogP contribution in [0.4, 0.5) is 10.2 Å². The normalized spacial score (nSPS) is 15.8. The third-order valence-corrected chi connectivity index (χ3v) is 4.15. The number of rotatable bonds is 4. The van der Waals surface area contributed by atoms with Gasteiger partial charge in [-0.25, -0.2) is 9.37 Å². The highest BCUT2D eigenvalue weighted by molar-refractivity contribution is 6.31. The van der Waals surface area contributed by atoms with Gasteiger partial charge in [0, 0.05) is 37.7 Å². The van der Waals surface area contributed by atoms with Gasteiger partial charge in [0.1, 0.15) is 10.8 Å². The molecule has 0 saturated carbocycles. The Morgan fingerprint density at radius 1 is 1.27 bits per heavy atom. The maximum atomic E-state index is 13.7. The van der Waals surface area contributed by atoms with Crippen molar-refractivity contribution in [3.8, 4) is 5.75 Å². The van der Waals surface area contributed by atoms with Crippen molar-refractivity contribution in [3.05, 3.63) is 47.6 Å². The monoisotopic (exact) mass is 321 g/mol. The quantitative estimate of drug-likeness (QED) is 0.863. The second-order valence-electron chi connectivity index (χ2n) is 5.36. The summed E-state index contributed by atoms with van der Waals surface area (Å²) in [6, 6.07) is 4.82. The molecule has 0 bridgehead atoms. The number of halogens is 2. The molecule has 4 nitrogen and oxygen atoms in total. The van der Waals surface area contributed by atoms with Gasteiger partial charge in [-0.15, -0.1) is 0 Å². The standard InChI is InChI=1S/C16H17ClFN3O/c17-13-10-19-7-3-15(13)22-11-12-4-8-21(9-5-12)16-14(18)2-1-6-20-16/h1-3,6-7,10,12H,4-5,8-9,11H2. The minimum atomic E-state index is -0.263. The SMILES string of the molecule is Fc1cccnc1N1CCC(COc2ccncc2Cl)CC1. The zero-order valence-corrected chi connectivity index (χ0v) is 12.8. The Morgan fingerprint density at radius 2 is 2.09 bits per heavy atom. The van der Waals surface area contributed by atoms with Gasteiger partial charge < -0.3 is 9.64 Å². The first-order valence-electron chi connectivity index (χ1n) is 7.32. The molecule has 0 amide bonds. The third-order valence-electron chi connectivity index (χ3n) is 3.86. The van der Waals surface area contributed by atoms with E-state index >= 15 is 0 Å². The molecule has 0 radical (unpaired) electrons. The minimum Gasteiger partial charge on any atom is -0.492 e. The van der Waals surface area contributed by atoms with Crippen molar-refractivity contribution in [2.45, 2.75) is 12.8 Å². The zero-order chi connectivity index (χ0) is 15.4. The Bertz CT molecular complexity index is 632. The molecule has 3 heterocycles. The third kappa shape index (κ3) is 3.47. The molecule has 0 aromatic carbocycles. The summed E-state index contributed by atoms with van der Waals surface area (Å²) >= 11 is 6.02. The van der Waals surface area contributed by atoms with Crippen molar-refractivity contribution in [2.24, 2.45) is 5.92 Å².